The van der Waals surface area contributed by atoms with E-state index in [1.165, 1.54) is 5.56 Å². The van der Waals surface area contributed by atoms with Gasteiger partial charge in [0.05, 0.1) is 0 Å². The average molecular weight is 234 g/mol. The van der Waals surface area contributed by atoms with Crippen LogP contribution in [0.2, 0.25) is 0 Å². The molecule has 3 heteroatoms. The van der Waals surface area contributed by atoms with Crippen molar-refractivity contribution >= 4 is 12.6 Å². The van der Waals surface area contributed by atoms with Gasteiger partial charge in [-0.3, -0.25) is 0 Å². The van der Waals surface area contributed by atoms with Crippen LogP contribution in [0.15, 0.2) is 24.3 Å². The molecule has 0 N–H and O–H groups in total. The number of hydrogen-bond acceptors (Lipinski definition) is 2. The van der Waals surface area contributed by atoms with E-state index in [4.69, 9.17) is 9.31 Å². The van der Waals surface area contributed by atoms with Crippen molar-refractivity contribution in [1.82, 2.24) is 0 Å². The molecule has 0 bridgehead atoms. The van der Waals surface area contributed by atoms with Crippen molar-refractivity contribution in [2.24, 2.45) is 0 Å². The lowest BCUT2D eigenvalue weighted by Crippen LogP contribution is -2.40. The van der Waals surface area contributed by atoms with Crippen molar-refractivity contribution in [3.8, 4) is 0 Å². The molecule has 0 fully saturated rings. The lowest BCUT2D eigenvalue weighted by Gasteiger charge is -2.19. The first-order valence-corrected chi connectivity index (χ1v) is 6.42. The second kappa shape index (κ2) is 6.82. The van der Waals surface area contributed by atoms with Gasteiger partial charge in [0.15, 0.2) is 0 Å². The lowest BCUT2D eigenvalue weighted by atomic mass is 9.77. The molecule has 0 radical (unpaired) electrons. The number of aryl methyl sites for hydroxylation is 1. The van der Waals surface area contributed by atoms with E-state index >= 15 is 0 Å². The Morgan fingerprint density at radius 3 is 1.76 bits per heavy atom. The molecule has 0 aliphatic heterocycles. The van der Waals surface area contributed by atoms with Crippen LogP contribution >= 0.6 is 0 Å². The van der Waals surface area contributed by atoms with Gasteiger partial charge < -0.3 is 9.31 Å². The van der Waals surface area contributed by atoms with Crippen molar-refractivity contribution in [3.05, 3.63) is 29.8 Å². The monoisotopic (exact) mass is 234 g/mol. The Bertz CT molecular complexity index is 309. The fourth-order valence-corrected chi connectivity index (χ4v) is 1.59. The van der Waals surface area contributed by atoms with Gasteiger partial charge >= 0.3 is 7.12 Å². The molecule has 0 saturated carbocycles. The Hall–Kier alpha value is -0.795. The summed E-state index contributed by atoms with van der Waals surface area (Å²) in [7, 11) is -0.263. The highest BCUT2D eigenvalue weighted by molar-refractivity contribution is 6.61. The van der Waals surface area contributed by atoms with Gasteiger partial charge in [0.1, 0.15) is 0 Å². The van der Waals surface area contributed by atoms with E-state index in [2.05, 4.69) is 31.2 Å². The van der Waals surface area contributed by atoms with Crippen molar-refractivity contribution in [2.75, 3.05) is 0 Å². The van der Waals surface area contributed by atoms with Crippen LogP contribution in [0.5, 0.6) is 0 Å². The minimum atomic E-state index is -0.263. The Kier molecular flexibility index (Phi) is 5.73. The molecule has 0 aliphatic rings. The maximum atomic E-state index is 5.80. The van der Waals surface area contributed by atoms with Gasteiger partial charge in [-0.1, -0.05) is 31.2 Å². The molecule has 17 heavy (non-hydrogen) atoms. The van der Waals surface area contributed by atoms with Crippen molar-refractivity contribution in [3.63, 3.8) is 0 Å². The first kappa shape index (κ1) is 14.3. The van der Waals surface area contributed by atoms with E-state index in [1.807, 2.05) is 27.7 Å². The Morgan fingerprint density at radius 1 is 0.941 bits per heavy atom. The molecule has 0 amide bonds. The predicted octanol–water partition coefficient (Wildman–Crippen LogP) is 2.79. The van der Waals surface area contributed by atoms with Crippen LogP contribution < -0.4 is 5.46 Å². The quantitative estimate of drug-likeness (QED) is 0.704. The highest BCUT2D eigenvalue weighted by Gasteiger charge is 2.23. The predicted molar refractivity (Wildman–Crippen MR) is 73.7 cm³/mol. The Balaban J connectivity index is 2.79. The Morgan fingerprint density at radius 2 is 1.41 bits per heavy atom. The largest absolute Gasteiger partial charge is 0.494 e. The zero-order chi connectivity index (χ0) is 12.8. The van der Waals surface area contributed by atoms with E-state index < -0.39 is 0 Å². The summed E-state index contributed by atoms with van der Waals surface area (Å²) < 4.78 is 11.6. The van der Waals surface area contributed by atoms with Gasteiger partial charge in [-0.25, -0.2) is 0 Å². The highest BCUT2D eigenvalue weighted by Crippen LogP contribution is 2.04. The second-order valence-electron chi connectivity index (χ2n) is 4.80. The van der Waals surface area contributed by atoms with E-state index in [9.17, 15) is 0 Å². The molecule has 1 aromatic carbocycles. The van der Waals surface area contributed by atoms with E-state index in [1.54, 1.807) is 0 Å². The first-order chi connectivity index (χ1) is 8.02. The molecule has 94 valence electrons. The fourth-order valence-electron chi connectivity index (χ4n) is 1.59. The number of hydrogen-bond donors (Lipinski definition) is 0. The highest BCUT2D eigenvalue weighted by atomic mass is 16.6. The number of rotatable bonds is 6. The summed E-state index contributed by atoms with van der Waals surface area (Å²) in [4.78, 5) is 0. The summed E-state index contributed by atoms with van der Waals surface area (Å²) >= 11 is 0. The number of benzene rings is 1. The zero-order valence-corrected chi connectivity index (χ0v) is 11.6. The molecule has 1 aromatic rings. The average Bonchev–Trinajstić information content (AvgIpc) is 2.27. The van der Waals surface area contributed by atoms with Crippen LogP contribution in [-0.2, 0) is 15.7 Å². The molecule has 0 spiro atoms. The molecule has 0 unspecified atom stereocenters. The van der Waals surface area contributed by atoms with Crippen LogP contribution in [0.4, 0.5) is 0 Å². The summed E-state index contributed by atoms with van der Waals surface area (Å²) in [5.74, 6) is 0. The summed E-state index contributed by atoms with van der Waals surface area (Å²) in [5.41, 5.74) is 2.42. The summed E-state index contributed by atoms with van der Waals surface area (Å²) in [6.45, 7) is 10.3. The minimum absolute atomic E-state index is 0.157. The molecule has 0 heterocycles. The van der Waals surface area contributed by atoms with Crippen molar-refractivity contribution in [2.45, 2.75) is 53.2 Å². The Labute approximate surface area is 105 Å². The fraction of sp³-hybridized carbons (Fsp3) is 0.571. The molecule has 0 aromatic heterocycles. The molecule has 1 rings (SSSR count). The molecule has 0 aliphatic carbocycles. The first-order valence-electron chi connectivity index (χ1n) is 6.42. The second-order valence-corrected chi connectivity index (χ2v) is 4.80. The van der Waals surface area contributed by atoms with E-state index in [0.717, 1.165) is 11.9 Å². The standard InChI is InChI=1S/C14H23BO2/c1-6-13-7-9-14(10-8-13)15(16-11(2)3)17-12(4)5/h7-12H,6H2,1-5H3. The van der Waals surface area contributed by atoms with Crippen LogP contribution in [0.1, 0.15) is 40.2 Å². The van der Waals surface area contributed by atoms with Gasteiger partial charge in [-0.2, -0.15) is 0 Å². The van der Waals surface area contributed by atoms with Crippen molar-refractivity contribution in [1.29, 1.82) is 0 Å². The maximum Gasteiger partial charge on any atom is 0.494 e. The summed E-state index contributed by atoms with van der Waals surface area (Å²) in [6, 6.07) is 8.45. The van der Waals surface area contributed by atoms with Gasteiger partial charge in [0.2, 0.25) is 0 Å². The molecule has 0 atom stereocenters. The topological polar surface area (TPSA) is 18.5 Å². The van der Waals surface area contributed by atoms with Crippen LogP contribution in [0, 0.1) is 0 Å². The van der Waals surface area contributed by atoms with Crippen LogP contribution in [0.3, 0.4) is 0 Å². The molecule has 0 saturated heterocycles. The minimum Gasteiger partial charge on any atom is -0.405 e. The summed E-state index contributed by atoms with van der Waals surface area (Å²) in [5, 5.41) is 0. The van der Waals surface area contributed by atoms with E-state index in [0.29, 0.717) is 0 Å². The molecule has 2 nitrogen and oxygen atoms in total. The lowest BCUT2D eigenvalue weighted by molar-refractivity contribution is 0.139. The maximum absolute atomic E-state index is 5.80. The zero-order valence-electron chi connectivity index (χ0n) is 11.6. The molecular formula is C14H23BO2. The molecular weight excluding hydrogens is 211 g/mol. The van der Waals surface area contributed by atoms with Gasteiger partial charge in [-0.15, -0.1) is 0 Å². The normalized spacial score (nSPS) is 11.2. The van der Waals surface area contributed by atoms with Gasteiger partial charge in [0.25, 0.3) is 0 Å². The van der Waals surface area contributed by atoms with Crippen molar-refractivity contribution < 1.29 is 9.31 Å². The smallest absolute Gasteiger partial charge is 0.405 e. The van der Waals surface area contributed by atoms with E-state index in [-0.39, 0.29) is 19.3 Å². The summed E-state index contributed by atoms with van der Waals surface area (Å²) in [6.07, 6.45) is 1.37. The third kappa shape index (κ3) is 4.92. The van der Waals surface area contributed by atoms with Crippen LogP contribution in [-0.4, -0.2) is 19.3 Å². The van der Waals surface area contributed by atoms with Gasteiger partial charge in [-0.05, 0) is 45.1 Å². The third-order valence-electron chi connectivity index (χ3n) is 2.45. The van der Waals surface area contributed by atoms with Crippen LogP contribution in [0.25, 0.3) is 0 Å². The third-order valence-corrected chi connectivity index (χ3v) is 2.45. The SMILES string of the molecule is CCc1ccc(B(OC(C)C)OC(C)C)cc1. The van der Waals surface area contributed by atoms with Gasteiger partial charge in [0, 0.05) is 12.2 Å².